The minimum atomic E-state index is -3.47. The van der Waals surface area contributed by atoms with Crippen molar-refractivity contribution < 1.29 is 13.2 Å². The molecule has 3 aromatic carbocycles. The van der Waals surface area contributed by atoms with E-state index in [2.05, 4.69) is 10.4 Å². The number of carbonyl (C=O) groups excluding carboxylic acids is 1. The van der Waals surface area contributed by atoms with Gasteiger partial charge in [0, 0.05) is 16.7 Å². The van der Waals surface area contributed by atoms with E-state index in [0.29, 0.717) is 22.0 Å². The molecular weight excluding hydrogens is 458 g/mol. The zero-order valence-electron chi connectivity index (χ0n) is 18.1. The van der Waals surface area contributed by atoms with Gasteiger partial charge < -0.3 is 5.32 Å². The van der Waals surface area contributed by atoms with Gasteiger partial charge in [0.05, 0.1) is 22.0 Å². The Morgan fingerprint density at radius 3 is 2.21 bits per heavy atom. The summed E-state index contributed by atoms with van der Waals surface area (Å²) in [4.78, 5) is 13.1. The first-order chi connectivity index (χ1) is 15.7. The van der Waals surface area contributed by atoms with Crippen LogP contribution in [0, 0.1) is 13.8 Å². The van der Waals surface area contributed by atoms with Crippen LogP contribution in [0.2, 0.25) is 5.02 Å². The molecule has 0 aliphatic rings. The number of amides is 1. The molecule has 0 atom stereocenters. The lowest BCUT2D eigenvalue weighted by Crippen LogP contribution is -2.15. The minimum Gasteiger partial charge on any atom is -0.306 e. The fourth-order valence-electron chi connectivity index (χ4n) is 3.36. The van der Waals surface area contributed by atoms with Gasteiger partial charge in [0.15, 0.2) is 9.84 Å². The smallest absolute Gasteiger partial charge is 0.256 e. The predicted molar refractivity (Wildman–Crippen MR) is 130 cm³/mol. The van der Waals surface area contributed by atoms with E-state index in [1.165, 1.54) is 0 Å². The second-order valence-electron chi connectivity index (χ2n) is 7.78. The Bertz CT molecular complexity index is 1390. The maximum atomic E-state index is 12.8. The zero-order valence-corrected chi connectivity index (χ0v) is 19.7. The van der Waals surface area contributed by atoms with Crippen molar-refractivity contribution in [2.75, 3.05) is 5.32 Å². The maximum absolute atomic E-state index is 12.8. The van der Waals surface area contributed by atoms with Crippen molar-refractivity contribution in [3.8, 4) is 5.69 Å². The summed E-state index contributed by atoms with van der Waals surface area (Å²) in [6, 6.07) is 22.2. The summed E-state index contributed by atoms with van der Waals surface area (Å²) in [6.07, 6.45) is 0. The Hall–Kier alpha value is -3.42. The number of benzene rings is 3. The minimum absolute atomic E-state index is 0.138. The molecule has 0 fully saturated rings. The summed E-state index contributed by atoms with van der Waals surface area (Å²) in [7, 11) is -3.47. The monoisotopic (exact) mass is 479 g/mol. The number of hydrogen-bond donors (Lipinski definition) is 1. The number of aryl methyl sites for hydroxylation is 2. The van der Waals surface area contributed by atoms with Crippen LogP contribution in [-0.4, -0.2) is 24.1 Å². The van der Waals surface area contributed by atoms with E-state index >= 15 is 0 Å². The van der Waals surface area contributed by atoms with Gasteiger partial charge in [-0.05, 0) is 67.9 Å². The van der Waals surface area contributed by atoms with Crippen molar-refractivity contribution in [1.29, 1.82) is 0 Å². The molecule has 1 N–H and O–H groups in total. The molecule has 0 unspecified atom stereocenters. The lowest BCUT2D eigenvalue weighted by Gasteiger charge is -2.10. The molecule has 0 saturated carbocycles. The topological polar surface area (TPSA) is 81.1 Å². The van der Waals surface area contributed by atoms with E-state index < -0.39 is 9.84 Å². The molecule has 1 amide bonds. The highest BCUT2D eigenvalue weighted by Crippen LogP contribution is 2.21. The third-order valence-corrected chi connectivity index (χ3v) is 7.05. The average Bonchev–Trinajstić information content (AvgIpc) is 3.14. The molecule has 0 bridgehead atoms. The number of hydrogen-bond acceptors (Lipinski definition) is 4. The summed E-state index contributed by atoms with van der Waals surface area (Å²) in [5.74, 6) is 0.0597. The number of rotatable bonds is 6. The summed E-state index contributed by atoms with van der Waals surface area (Å²) in [5.41, 5.74) is 3.52. The Morgan fingerprint density at radius 1 is 0.939 bits per heavy atom. The van der Waals surface area contributed by atoms with E-state index in [4.69, 9.17) is 11.6 Å². The molecular formula is C25H22ClN3O3S. The molecule has 33 heavy (non-hydrogen) atoms. The SMILES string of the molecule is Cc1ccc(S(=O)(=O)Cc2ccc(C(=O)Nc3cc(C)nn3-c3ccc(Cl)cc3)cc2)cc1. The molecule has 4 aromatic rings. The Morgan fingerprint density at radius 2 is 1.58 bits per heavy atom. The molecule has 0 spiro atoms. The first-order valence-electron chi connectivity index (χ1n) is 10.2. The Kier molecular flexibility index (Phi) is 6.35. The summed E-state index contributed by atoms with van der Waals surface area (Å²) >= 11 is 5.97. The van der Waals surface area contributed by atoms with Crippen molar-refractivity contribution in [3.63, 3.8) is 0 Å². The van der Waals surface area contributed by atoms with Gasteiger partial charge in [0.25, 0.3) is 5.91 Å². The second-order valence-corrected chi connectivity index (χ2v) is 10.2. The molecule has 4 rings (SSSR count). The van der Waals surface area contributed by atoms with Crippen LogP contribution >= 0.6 is 11.6 Å². The second kappa shape index (κ2) is 9.21. The molecule has 8 heteroatoms. The third-order valence-electron chi connectivity index (χ3n) is 5.10. The van der Waals surface area contributed by atoms with E-state index in [-0.39, 0.29) is 16.6 Å². The van der Waals surface area contributed by atoms with E-state index in [0.717, 1.165) is 16.9 Å². The van der Waals surface area contributed by atoms with Crippen molar-refractivity contribution in [2.45, 2.75) is 24.5 Å². The lowest BCUT2D eigenvalue weighted by molar-refractivity contribution is 0.102. The van der Waals surface area contributed by atoms with Crippen LogP contribution in [0.15, 0.2) is 83.8 Å². The van der Waals surface area contributed by atoms with Gasteiger partial charge in [-0.2, -0.15) is 5.10 Å². The van der Waals surface area contributed by atoms with Gasteiger partial charge in [-0.1, -0.05) is 41.4 Å². The van der Waals surface area contributed by atoms with Crippen molar-refractivity contribution in [1.82, 2.24) is 9.78 Å². The predicted octanol–water partition coefficient (Wildman–Crippen LogP) is 5.37. The van der Waals surface area contributed by atoms with Gasteiger partial charge in [-0.25, -0.2) is 13.1 Å². The van der Waals surface area contributed by atoms with E-state index in [1.54, 1.807) is 71.4 Å². The van der Waals surface area contributed by atoms with Gasteiger partial charge >= 0.3 is 0 Å². The van der Waals surface area contributed by atoms with E-state index in [9.17, 15) is 13.2 Å². The molecule has 0 radical (unpaired) electrons. The fraction of sp³-hybridized carbons (Fsp3) is 0.120. The Balaban J connectivity index is 1.49. The van der Waals surface area contributed by atoms with E-state index in [1.807, 2.05) is 26.0 Å². The maximum Gasteiger partial charge on any atom is 0.256 e. The standard InChI is InChI=1S/C25H22ClN3O3S/c1-17-3-13-23(14-4-17)33(31,32)16-19-5-7-20(8-6-19)25(30)27-24-15-18(2)28-29(24)22-11-9-21(26)10-12-22/h3-15H,16H2,1-2H3,(H,27,30). The van der Waals surface area contributed by atoms with Crippen LogP contribution < -0.4 is 5.32 Å². The number of carbonyl (C=O) groups is 1. The summed E-state index contributed by atoms with van der Waals surface area (Å²) in [5, 5.41) is 7.92. The highest BCUT2D eigenvalue weighted by molar-refractivity contribution is 7.90. The first kappa shape index (κ1) is 22.8. The first-order valence-corrected chi connectivity index (χ1v) is 12.3. The largest absolute Gasteiger partial charge is 0.306 e. The van der Waals surface area contributed by atoms with Crippen LogP contribution in [0.1, 0.15) is 27.2 Å². The molecule has 6 nitrogen and oxygen atoms in total. The average molecular weight is 480 g/mol. The number of sulfone groups is 1. The van der Waals surface area contributed by atoms with Crippen LogP contribution in [0.3, 0.4) is 0 Å². The normalized spacial score (nSPS) is 11.4. The third kappa shape index (κ3) is 5.32. The Labute approximate surface area is 197 Å². The number of halogens is 1. The van der Waals surface area contributed by atoms with Crippen LogP contribution in [0.25, 0.3) is 5.69 Å². The van der Waals surface area contributed by atoms with Crippen LogP contribution in [0.5, 0.6) is 0 Å². The number of nitrogens with zero attached hydrogens (tertiary/aromatic N) is 2. The lowest BCUT2D eigenvalue weighted by atomic mass is 10.1. The molecule has 1 aromatic heterocycles. The van der Waals surface area contributed by atoms with Crippen LogP contribution in [0.4, 0.5) is 5.82 Å². The quantitative estimate of drug-likeness (QED) is 0.403. The fourth-order valence-corrected chi connectivity index (χ4v) is 4.83. The van der Waals surface area contributed by atoms with Gasteiger partial charge in [0.1, 0.15) is 5.82 Å². The number of anilines is 1. The molecule has 168 valence electrons. The highest BCUT2D eigenvalue weighted by atomic mass is 35.5. The van der Waals surface area contributed by atoms with Gasteiger partial charge in [-0.15, -0.1) is 0 Å². The number of aromatic nitrogens is 2. The van der Waals surface area contributed by atoms with Crippen molar-refractivity contribution in [2.24, 2.45) is 0 Å². The summed E-state index contributed by atoms with van der Waals surface area (Å²) < 4.78 is 27.0. The summed E-state index contributed by atoms with van der Waals surface area (Å²) in [6.45, 7) is 3.75. The van der Waals surface area contributed by atoms with Gasteiger partial charge in [-0.3, -0.25) is 4.79 Å². The van der Waals surface area contributed by atoms with Crippen molar-refractivity contribution >= 4 is 33.2 Å². The van der Waals surface area contributed by atoms with Crippen LogP contribution in [-0.2, 0) is 15.6 Å². The molecule has 0 aliphatic heterocycles. The molecule has 0 saturated heterocycles. The number of nitrogens with one attached hydrogen (secondary N) is 1. The van der Waals surface area contributed by atoms with Crippen molar-refractivity contribution in [3.05, 3.63) is 106 Å². The molecule has 1 heterocycles. The zero-order chi connectivity index (χ0) is 23.6. The molecule has 0 aliphatic carbocycles. The van der Waals surface area contributed by atoms with Gasteiger partial charge in [0.2, 0.25) is 0 Å². The highest BCUT2D eigenvalue weighted by Gasteiger charge is 2.16.